The average molecular weight is 576 g/mol. The zero-order valence-electron chi connectivity index (χ0n) is 22.8. The SMILES string of the molecule is C[C@H](NC(=O)[C@@H]1CCCN1C(=O)[C@H](CCC(=O)O)NC(=O)[C@@H](N)Cc1ccc(O)cc1)C(=O)N1CCC[C@H]1C(=O)O. The third kappa shape index (κ3) is 8.16. The zero-order chi connectivity index (χ0) is 30.3. The second-order valence-electron chi connectivity index (χ2n) is 10.4. The van der Waals surface area contributed by atoms with Gasteiger partial charge in [-0.05, 0) is 63.1 Å². The van der Waals surface area contributed by atoms with Crippen LogP contribution in [0.4, 0.5) is 0 Å². The van der Waals surface area contributed by atoms with E-state index in [1.165, 1.54) is 28.9 Å². The molecule has 2 saturated heterocycles. The van der Waals surface area contributed by atoms with Gasteiger partial charge < -0.3 is 41.5 Å². The molecule has 224 valence electrons. The highest BCUT2D eigenvalue weighted by atomic mass is 16.4. The van der Waals surface area contributed by atoms with Crippen LogP contribution in [0.3, 0.4) is 0 Å². The van der Waals surface area contributed by atoms with Gasteiger partial charge in [-0.3, -0.25) is 24.0 Å². The standard InChI is InChI=1S/C27H37N5O9/c1-15(25(38)32-13-3-5-21(32)27(40)41)29-24(37)20-4-2-12-31(20)26(39)19(10-11-22(34)35)30-23(36)18(28)14-16-6-8-17(33)9-7-16/h6-9,15,18-21,33H,2-5,10-14,28H2,1H3,(H,29,37)(H,30,36)(H,34,35)(H,40,41)/t15-,18-,19-,20-,21-/m0/s1. The highest BCUT2D eigenvalue weighted by Crippen LogP contribution is 2.22. The Labute approximate surface area is 236 Å². The van der Waals surface area contributed by atoms with E-state index in [4.69, 9.17) is 5.73 Å². The van der Waals surface area contributed by atoms with Gasteiger partial charge in [0.1, 0.15) is 29.9 Å². The van der Waals surface area contributed by atoms with Crippen LogP contribution in [0.5, 0.6) is 5.75 Å². The number of nitrogens with one attached hydrogen (secondary N) is 2. The number of aliphatic carboxylic acids is 2. The fourth-order valence-electron chi connectivity index (χ4n) is 5.19. The predicted molar refractivity (Wildman–Crippen MR) is 143 cm³/mol. The summed E-state index contributed by atoms with van der Waals surface area (Å²) >= 11 is 0. The van der Waals surface area contributed by atoms with E-state index in [2.05, 4.69) is 10.6 Å². The van der Waals surface area contributed by atoms with E-state index < -0.39 is 72.2 Å². The lowest BCUT2D eigenvalue weighted by Crippen LogP contribution is -2.57. The number of benzene rings is 1. The number of carbonyl (C=O) groups excluding carboxylic acids is 4. The summed E-state index contributed by atoms with van der Waals surface area (Å²) in [5.41, 5.74) is 6.70. The number of carbonyl (C=O) groups is 6. The average Bonchev–Trinajstić information content (AvgIpc) is 3.61. The van der Waals surface area contributed by atoms with E-state index in [1.807, 2.05) is 0 Å². The number of carboxylic acid groups (broad SMARTS) is 2. The van der Waals surface area contributed by atoms with Crippen molar-refractivity contribution in [1.82, 2.24) is 20.4 Å². The molecule has 0 aliphatic carbocycles. The maximum Gasteiger partial charge on any atom is 0.326 e. The lowest BCUT2D eigenvalue weighted by atomic mass is 10.0. The Kier molecular flexibility index (Phi) is 10.6. The molecular weight excluding hydrogens is 538 g/mol. The third-order valence-electron chi connectivity index (χ3n) is 7.38. The summed E-state index contributed by atoms with van der Waals surface area (Å²) in [6.45, 7) is 1.90. The van der Waals surface area contributed by atoms with Gasteiger partial charge in [0.15, 0.2) is 0 Å². The van der Waals surface area contributed by atoms with Crippen LogP contribution in [-0.4, -0.2) is 104 Å². The summed E-state index contributed by atoms with van der Waals surface area (Å²) in [6.07, 6.45) is 1.09. The Hall–Kier alpha value is -4.20. The number of aromatic hydroxyl groups is 1. The number of carboxylic acids is 2. The molecule has 3 rings (SSSR count). The lowest BCUT2D eigenvalue weighted by Gasteiger charge is -2.30. The molecule has 41 heavy (non-hydrogen) atoms. The number of nitrogens with two attached hydrogens (primary N) is 1. The van der Waals surface area contributed by atoms with Crippen LogP contribution in [0.15, 0.2) is 24.3 Å². The Morgan fingerprint density at radius 2 is 1.51 bits per heavy atom. The number of phenolic OH excluding ortho intramolecular Hbond substituents is 1. The fraction of sp³-hybridized carbons (Fsp3) is 0.556. The molecule has 0 unspecified atom stereocenters. The van der Waals surface area contributed by atoms with E-state index in [-0.39, 0.29) is 31.7 Å². The molecule has 0 saturated carbocycles. The fourth-order valence-corrected chi connectivity index (χ4v) is 5.19. The molecule has 2 fully saturated rings. The van der Waals surface area contributed by atoms with Crippen molar-refractivity contribution >= 4 is 35.6 Å². The molecular formula is C27H37N5O9. The molecule has 7 N–H and O–H groups in total. The minimum absolute atomic E-state index is 0.0505. The van der Waals surface area contributed by atoms with Crippen molar-refractivity contribution < 1.29 is 44.1 Å². The van der Waals surface area contributed by atoms with Crippen molar-refractivity contribution in [2.75, 3.05) is 13.1 Å². The molecule has 2 aliphatic heterocycles. The molecule has 2 heterocycles. The third-order valence-corrected chi connectivity index (χ3v) is 7.38. The molecule has 14 heteroatoms. The summed E-state index contributed by atoms with van der Waals surface area (Å²) in [7, 11) is 0. The normalized spacial score (nSPS) is 20.6. The molecule has 0 radical (unpaired) electrons. The second-order valence-corrected chi connectivity index (χ2v) is 10.4. The quantitative estimate of drug-likeness (QED) is 0.182. The molecule has 2 aliphatic rings. The van der Waals surface area contributed by atoms with Crippen molar-refractivity contribution in [3.8, 4) is 5.75 Å². The van der Waals surface area contributed by atoms with Crippen molar-refractivity contribution in [1.29, 1.82) is 0 Å². The molecule has 5 atom stereocenters. The number of phenols is 1. The first-order chi connectivity index (χ1) is 19.4. The van der Waals surface area contributed by atoms with Gasteiger partial charge in [-0.25, -0.2) is 4.79 Å². The number of hydrogen-bond donors (Lipinski definition) is 6. The summed E-state index contributed by atoms with van der Waals surface area (Å²) < 4.78 is 0. The van der Waals surface area contributed by atoms with Crippen molar-refractivity contribution in [2.45, 2.75) is 82.1 Å². The molecule has 1 aromatic rings. The zero-order valence-corrected chi connectivity index (χ0v) is 22.8. The van der Waals surface area contributed by atoms with Crippen molar-refractivity contribution in [2.24, 2.45) is 5.73 Å². The van der Waals surface area contributed by atoms with E-state index in [9.17, 15) is 44.1 Å². The van der Waals surface area contributed by atoms with Gasteiger partial charge in [0.2, 0.25) is 23.6 Å². The summed E-state index contributed by atoms with van der Waals surface area (Å²) in [6, 6.07) is 0.832. The largest absolute Gasteiger partial charge is 0.508 e. The van der Waals surface area contributed by atoms with Crippen LogP contribution in [0.2, 0.25) is 0 Å². The maximum atomic E-state index is 13.5. The Morgan fingerprint density at radius 3 is 2.10 bits per heavy atom. The highest BCUT2D eigenvalue weighted by molar-refractivity contribution is 5.96. The molecule has 4 amide bonds. The van der Waals surface area contributed by atoms with Gasteiger partial charge >= 0.3 is 11.9 Å². The lowest BCUT2D eigenvalue weighted by molar-refractivity contribution is -0.149. The summed E-state index contributed by atoms with van der Waals surface area (Å²) in [5, 5.41) is 33.1. The molecule has 0 bridgehead atoms. The van der Waals surface area contributed by atoms with E-state index in [0.717, 1.165) is 0 Å². The summed E-state index contributed by atoms with van der Waals surface area (Å²) in [5.74, 6) is -4.69. The first-order valence-corrected chi connectivity index (χ1v) is 13.6. The second kappa shape index (κ2) is 13.9. The topological polar surface area (TPSA) is 220 Å². The molecule has 14 nitrogen and oxygen atoms in total. The van der Waals surface area contributed by atoms with E-state index >= 15 is 0 Å². The maximum absolute atomic E-state index is 13.5. The van der Waals surface area contributed by atoms with Crippen LogP contribution < -0.4 is 16.4 Å². The highest BCUT2D eigenvalue weighted by Gasteiger charge is 2.40. The molecule has 0 aromatic heterocycles. The molecule has 0 spiro atoms. The minimum Gasteiger partial charge on any atom is -0.508 e. The van der Waals surface area contributed by atoms with Crippen LogP contribution >= 0.6 is 0 Å². The van der Waals surface area contributed by atoms with Gasteiger partial charge in [-0.1, -0.05) is 12.1 Å². The van der Waals surface area contributed by atoms with Gasteiger partial charge in [0.05, 0.1) is 6.04 Å². The van der Waals surface area contributed by atoms with Crippen LogP contribution in [0.1, 0.15) is 51.0 Å². The van der Waals surface area contributed by atoms with Crippen LogP contribution in [0, 0.1) is 0 Å². The number of hydrogen-bond acceptors (Lipinski definition) is 8. The Balaban J connectivity index is 1.66. The number of likely N-dealkylation sites (tertiary alicyclic amines) is 2. The monoisotopic (exact) mass is 575 g/mol. The number of rotatable bonds is 12. The van der Waals surface area contributed by atoms with E-state index in [1.54, 1.807) is 12.1 Å². The van der Waals surface area contributed by atoms with Crippen LogP contribution in [-0.2, 0) is 35.2 Å². The van der Waals surface area contributed by atoms with Crippen molar-refractivity contribution in [3.05, 3.63) is 29.8 Å². The first kappa shape index (κ1) is 31.3. The number of amides is 4. The predicted octanol–water partition coefficient (Wildman–Crippen LogP) is -0.817. The molecule has 1 aromatic carbocycles. The Bertz CT molecular complexity index is 1160. The smallest absolute Gasteiger partial charge is 0.326 e. The van der Waals surface area contributed by atoms with Gasteiger partial charge in [0.25, 0.3) is 0 Å². The van der Waals surface area contributed by atoms with Gasteiger partial charge in [0, 0.05) is 19.5 Å². The Morgan fingerprint density at radius 1 is 0.927 bits per heavy atom. The van der Waals surface area contributed by atoms with Crippen LogP contribution in [0.25, 0.3) is 0 Å². The first-order valence-electron chi connectivity index (χ1n) is 13.6. The van der Waals surface area contributed by atoms with Gasteiger partial charge in [-0.2, -0.15) is 0 Å². The van der Waals surface area contributed by atoms with Gasteiger partial charge in [-0.15, -0.1) is 0 Å². The number of nitrogens with zero attached hydrogens (tertiary/aromatic N) is 2. The summed E-state index contributed by atoms with van der Waals surface area (Å²) in [4.78, 5) is 77.6. The van der Waals surface area contributed by atoms with E-state index in [0.29, 0.717) is 31.2 Å². The minimum atomic E-state index is -1.25. The van der Waals surface area contributed by atoms with Crippen molar-refractivity contribution in [3.63, 3.8) is 0 Å².